The number of unbranched alkanes of at least 4 members (excludes halogenated alkanes) is 1. The molecule has 35 heavy (non-hydrogen) atoms. The van der Waals surface area contributed by atoms with Crippen LogP contribution in [-0.2, 0) is 17.8 Å². The summed E-state index contributed by atoms with van der Waals surface area (Å²) in [7, 11) is 0. The number of nitrogens with one attached hydrogen (secondary N) is 1. The van der Waals surface area contributed by atoms with Gasteiger partial charge in [0, 0.05) is 50.0 Å². The highest BCUT2D eigenvalue weighted by Crippen LogP contribution is 2.31. The van der Waals surface area contributed by atoms with Gasteiger partial charge in [-0.05, 0) is 31.2 Å². The Bertz CT molecular complexity index is 1120. The molecule has 1 saturated heterocycles. The van der Waals surface area contributed by atoms with Crippen molar-refractivity contribution in [2.75, 3.05) is 38.2 Å². The van der Waals surface area contributed by atoms with E-state index in [1.54, 1.807) is 6.07 Å². The summed E-state index contributed by atoms with van der Waals surface area (Å²) in [5.41, 5.74) is 3.07. The number of benzene rings is 1. The van der Waals surface area contributed by atoms with Gasteiger partial charge in [0.1, 0.15) is 11.5 Å². The molecular formula is C27H37FN6O. The molecule has 3 aromatic rings. The highest BCUT2D eigenvalue weighted by atomic mass is 19.1. The van der Waals surface area contributed by atoms with Gasteiger partial charge >= 0.3 is 0 Å². The Labute approximate surface area is 207 Å². The SMILES string of the molecule is CCCCNc1ncc2c(-c3ccc(CN4CCOCC4)c(F)c3)nn(CC3CCCCC3)c2n1. The second kappa shape index (κ2) is 11.4. The minimum absolute atomic E-state index is 0.192. The smallest absolute Gasteiger partial charge is 0.224 e. The Balaban J connectivity index is 1.44. The topological polar surface area (TPSA) is 68.1 Å². The van der Waals surface area contributed by atoms with Crippen molar-refractivity contribution in [3.63, 3.8) is 0 Å². The lowest BCUT2D eigenvalue weighted by Crippen LogP contribution is -2.35. The molecule has 1 aliphatic carbocycles. The van der Waals surface area contributed by atoms with Crippen LogP contribution in [0.2, 0.25) is 0 Å². The molecule has 0 radical (unpaired) electrons. The number of halogens is 1. The molecule has 5 rings (SSSR count). The standard InChI is InChI=1S/C27H37FN6O/c1-2-3-11-29-27-30-17-23-25(32-34(26(23)31-27)18-20-7-5-4-6-8-20)21-9-10-22(24(28)16-21)19-33-12-14-35-15-13-33/h9-10,16-17,20H,2-8,11-15,18-19H2,1H3,(H,29,30,31). The van der Waals surface area contributed by atoms with Crippen LogP contribution in [0.3, 0.4) is 0 Å². The van der Waals surface area contributed by atoms with Crippen LogP contribution in [-0.4, -0.2) is 57.5 Å². The zero-order valence-corrected chi connectivity index (χ0v) is 20.8. The van der Waals surface area contributed by atoms with Crippen LogP contribution in [0, 0.1) is 11.7 Å². The monoisotopic (exact) mass is 480 g/mol. The molecule has 1 aromatic carbocycles. The van der Waals surface area contributed by atoms with Crippen molar-refractivity contribution in [1.82, 2.24) is 24.6 Å². The van der Waals surface area contributed by atoms with Gasteiger partial charge in [0.25, 0.3) is 0 Å². The molecule has 188 valence electrons. The van der Waals surface area contributed by atoms with Crippen LogP contribution in [0.25, 0.3) is 22.3 Å². The van der Waals surface area contributed by atoms with E-state index in [0.29, 0.717) is 37.2 Å². The zero-order chi connectivity index (χ0) is 24.0. The fourth-order valence-corrected chi connectivity index (χ4v) is 5.20. The molecule has 2 aliphatic rings. The Morgan fingerprint density at radius 1 is 1.14 bits per heavy atom. The van der Waals surface area contributed by atoms with Gasteiger partial charge in [-0.1, -0.05) is 44.7 Å². The number of hydrogen-bond donors (Lipinski definition) is 1. The summed E-state index contributed by atoms with van der Waals surface area (Å²) in [6.07, 6.45) is 10.4. The van der Waals surface area contributed by atoms with E-state index in [4.69, 9.17) is 14.8 Å². The van der Waals surface area contributed by atoms with Gasteiger partial charge in [-0.25, -0.2) is 14.1 Å². The second-order valence-electron chi connectivity index (χ2n) is 9.94. The molecule has 7 nitrogen and oxygen atoms in total. The number of rotatable bonds is 9. The number of anilines is 1. The van der Waals surface area contributed by atoms with Crippen molar-refractivity contribution in [1.29, 1.82) is 0 Å². The quantitative estimate of drug-likeness (QED) is 0.422. The maximum atomic E-state index is 15.2. The average molecular weight is 481 g/mol. The van der Waals surface area contributed by atoms with E-state index in [0.717, 1.165) is 61.3 Å². The van der Waals surface area contributed by atoms with Crippen molar-refractivity contribution in [2.45, 2.75) is 65.0 Å². The fourth-order valence-electron chi connectivity index (χ4n) is 5.20. The number of ether oxygens (including phenoxy) is 1. The largest absolute Gasteiger partial charge is 0.379 e. The summed E-state index contributed by atoms with van der Waals surface area (Å²) in [6, 6.07) is 5.50. The molecule has 1 aliphatic heterocycles. The summed E-state index contributed by atoms with van der Waals surface area (Å²) >= 11 is 0. The maximum absolute atomic E-state index is 15.2. The van der Waals surface area contributed by atoms with E-state index in [1.165, 1.54) is 32.1 Å². The molecule has 0 amide bonds. The molecule has 0 unspecified atom stereocenters. The van der Waals surface area contributed by atoms with Gasteiger partial charge in [-0.15, -0.1) is 0 Å². The Hall–Kier alpha value is -2.58. The maximum Gasteiger partial charge on any atom is 0.224 e. The van der Waals surface area contributed by atoms with Crippen LogP contribution in [0.15, 0.2) is 24.4 Å². The summed E-state index contributed by atoms with van der Waals surface area (Å²) in [4.78, 5) is 11.6. The van der Waals surface area contributed by atoms with Crippen molar-refractivity contribution >= 4 is 17.0 Å². The van der Waals surface area contributed by atoms with Crippen LogP contribution in [0.4, 0.5) is 10.3 Å². The lowest BCUT2D eigenvalue weighted by atomic mass is 9.89. The van der Waals surface area contributed by atoms with Crippen LogP contribution < -0.4 is 5.32 Å². The fraction of sp³-hybridized carbons (Fsp3) is 0.593. The molecule has 8 heteroatoms. The first kappa shape index (κ1) is 24.1. The van der Waals surface area contributed by atoms with Crippen LogP contribution >= 0.6 is 0 Å². The Morgan fingerprint density at radius 2 is 1.97 bits per heavy atom. The van der Waals surface area contributed by atoms with Crippen LogP contribution in [0.5, 0.6) is 0 Å². The predicted octanol–water partition coefficient (Wildman–Crippen LogP) is 5.26. The highest BCUT2D eigenvalue weighted by molar-refractivity contribution is 5.91. The van der Waals surface area contributed by atoms with Crippen molar-refractivity contribution in [3.05, 3.63) is 35.8 Å². The third-order valence-corrected chi connectivity index (χ3v) is 7.28. The van der Waals surface area contributed by atoms with Crippen molar-refractivity contribution in [3.8, 4) is 11.3 Å². The zero-order valence-electron chi connectivity index (χ0n) is 20.8. The molecule has 2 aromatic heterocycles. The van der Waals surface area contributed by atoms with Gasteiger partial charge in [-0.2, -0.15) is 10.1 Å². The minimum atomic E-state index is -0.192. The molecular weight excluding hydrogens is 443 g/mol. The lowest BCUT2D eigenvalue weighted by molar-refractivity contribution is 0.0337. The summed E-state index contributed by atoms with van der Waals surface area (Å²) in [5.74, 6) is 1.05. The van der Waals surface area contributed by atoms with E-state index < -0.39 is 0 Å². The predicted molar refractivity (Wildman–Crippen MR) is 137 cm³/mol. The first-order chi connectivity index (χ1) is 17.2. The number of aromatic nitrogens is 4. The van der Waals surface area contributed by atoms with Gasteiger partial charge in [0.05, 0.1) is 18.6 Å². The van der Waals surface area contributed by atoms with E-state index in [-0.39, 0.29) is 5.82 Å². The van der Waals surface area contributed by atoms with Gasteiger partial charge in [-0.3, -0.25) is 4.90 Å². The Kier molecular flexibility index (Phi) is 7.88. The summed E-state index contributed by atoms with van der Waals surface area (Å²) < 4.78 is 22.6. The van der Waals surface area contributed by atoms with E-state index >= 15 is 4.39 Å². The number of nitrogens with zero attached hydrogens (tertiary/aromatic N) is 5. The van der Waals surface area contributed by atoms with Gasteiger partial charge in [0.15, 0.2) is 5.65 Å². The molecule has 2 fully saturated rings. The van der Waals surface area contributed by atoms with Gasteiger partial charge in [0.2, 0.25) is 5.95 Å². The summed E-state index contributed by atoms with van der Waals surface area (Å²) in [6.45, 7) is 7.55. The first-order valence-electron chi connectivity index (χ1n) is 13.3. The van der Waals surface area contributed by atoms with E-state index in [2.05, 4.69) is 22.1 Å². The second-order valence-corrected chi connectivity index (χ2v) is 9.94. The normalized spacial score (nSPS) is 17.8. The summed E-state index contributed by atoms with van der Waals surface area (Å²) in [5, 5.41) is 9.18. The molecule has 1 saturated carbocycles. The lowest BCUT2D eigenvalue weighted by Gasteiger charge is -2.26. The Morgan fingerprint density at radius 3 is 2.74 bits per heavy atom. The third kappa shape index (κ3) is 5.81. The highest BCUT2D eigenvalue weighted by Gasteiger charge is 2.21. The molecule has 0 atom stereocenters. The van der Waals surface area contributed by atoms with Gasteiger partial charge < -0.3 is 10.1 Å². The first-order valence-corrected chi connectivity index (χ1v) is 13.3. The molecule has 0 bridgehead atoms. The number of hydrogen-bond acceptors (Lipinski definition) is 6. The van der Waals surface area contributed by atoms with Crippen LogP contribution in [0.1, 0.15) is 57.4 Å². The molecule has 0 spiro atoms. The van der Waals surface area contributed by atoms with E-state index in [1.807, 2.05) is 23.0 Å². The van der Waals surface area contributed by atoms with E-state index in [9.17, 15) is 0 Å². The minimum Gasteiger partial charge on any atom is -0.379 e. The third-order valence-electron chi connectivity index (χ3n) is 7.28. The number of morpholine rings is 1. The molecule has 3 heterocycles. The van der Waals surface area contributed by atoms with Crippen molar-refractivity contribution in [2.24, 2.45) is 5.92 Å². The average Bonchev–Trinajstić information content (AvgIpc) is 3.24. The number of fused-ring (bicyclic) bond motifs is 1. The van der Waals surface area contributed by atoms with Crippen molar-refractivity contribution < 1.29 is 9.13 Å². The molecule has 1 N–H and O–H groups in total.